The first kappa shape index (κ1) is 19.4. The lowest BCUT2D eigenvalue weighted by molar-refractivity contribution is 0.101. The van der Waals surface area contributed by atoms with Crippen molar-refractivity contribution in [2.45, 2.75) is 17.7 Å². The summed E-state index contributed by atoms with van der Waals surface area (Å²) in [4.78, 5) is 12.9. The van der Waals surface area contributed by atoms with Crippen LogP contribution in [-0.4, -0.2) is 36.3 Å². The van der Waals surface area contributed by atoms with Crippen molar-refractivity contribution < 1.29 is 13.2 Å². The molecule has 4 rings (SSSR count). The topological polar surface area (TPSA) is 71.4 Å². The first-order chi connectivity index (χ1) is 13.9. The third-order valence-electron chi connectivity index (χ3n) is 5.17. The standard InChI is InChI=1S/C22H23N3O3S/c1-24-16-20(29(27,28)25-13-5-6-14-25)15-21(24)22(26)23-19-11-9-18(10-12-19)17-7-3-2-4-8-17/h2-4,7-12,15-16H,5-6,13-14H2,1H3,(H,23,26). The highest BCUT2D eigenvalue weighted by Crippen LogP contribution is 2.24. The lowest BCUT2D eigenvalue weighted by atomic mass is 10.1. The number of hydrogen-bond donors (Lipinski definition) is 1. The van der Waals surface area contributed by atoms with E-state index in [1.54, 1.807) is 11.6 Å². The van der Waals surface area contributed by atoms with E-state index in [1.165, 1.54) is 16.6 Å². The normalized spacial score (nSPS) is 14.8. The van der Waals surface area contributed by atoms with Crippen molar-refractivity contribution in [3.8, 4) is 11.1 Å². The van der Waals surface area contributed by atoms with Crippen LogP contribution in [0.15, 0.2) is 71.8 Å². The minimum absolute atomic E-state index is 0.159. The Morgan fingerprint density at radius 1 is 0.931 bits per heavy atom. The van der Waals surface area contributed by atoms with Crippen LogP contribution in [0.25, 0.3) is 11.1 Å². The molecule has 1 amide bonds. The van der Waals surface area contributed by atoms with Gasteiger partial charge in [0.25, 0.3) is 5.91 Å². The van der Waals surface area contributed by atoms with Crippen LogP contribution >= 0.6 is 0 Å². The number of nitrogens with one attached hydrogen (secondary N) is 1. The molecule has 0 aliphatic carbocycles. The molecule has 150 valence electrons. The molecule has 1 aliphatic heterocycles. The van der Waals surface area contributed by atoms with Crippen LogP contribution in [0.4, 0.5) is 5.69 Å². The second-order valence-electron chi connectivity index (χ2n) is 7.18. The molecule has 1 aromatic heterocycles. The van der Waals surface area contributed by atoms with Crippen LogP contribution in [0.1, 0.15) is 23.3 Å². The van der Waals surface area contributed by atoms with E-state index in [4.69, 9.17) is 0 Å². The molecule has 7 heteroatoms. The summed E-state index contributed by atoms with van der Waals surface area (Å²) in [5.74, 6) is -0.345. The van der Waals surface area contributed by atoms with Gasteiger partial charge in [-0.25, -0.2) is 8.42 Å². The molecule has 0 bridgehead atoms. The van der Waals surface area contributed by atoms with E-state index in [0.717, 1.165) is 24.0 Å². The zero-order valence-electron chi connectivity index (χ0n) is 16.2. The predicted octanol–water partition coefficient (Wildman–Crippen LogP) is 3.73. The minimum atomic E-state index is -3.55. The summed E-state index contributed by atoms with van der Waals surface area (Å²) in [5.41, 5.74) is 3.11. The number of hydrogen-bond acceptors (Lipinski definition) is 3. The van der Waals surface area contributed by atoms with E-state index in [9.17, 15) is 13.2 Å². The van der Waals surface area contributed by atoms with E-state index in [2.05, 4.69) is 5.32 Å². The summed E-state index contributed by atoms with van der Waals surface area (Å²) in [6.07, 6.45) is 3.25. The van der Waals surface area contributed by atoms with Gasteiger partial charge >= 0.3 is 0 Å². The third-order valence-corrected chi connectivity index (χ3v) is 7.03. The molecule has 1 N–H and O–H groups in total. The van der Waals surface area contributed by atoms with Gasteiger partial charge < -0.3 is 9.88 Å². The monoisotopic (exact) mass is 409 g/mol. The number of carbonyl (C=O) groups excluding carboxylic acids is 1. The maximum atomic E-state index is 12.7. The van der Waals surface area contributed by atoms with Crippen molar-refractivity contribution in [1.82, 2.24) is 8.87 Å². The van der Waals surface area contributed by atoms with Gasteiger partial charge in [-0.2, -0.15) is 4.31 Å². The average Bonchev–Trinajstić information content (AvgIpc) is 3.40. The van der Waals surface area contributed by atoms with Crippen LogP contribution in [0, 0.1) is 0 Å². The Morgan fingerprint density at radius 2 is 1.55 bits per heavy atom. The van der Waals surface area contributed by atoms with Crippen LogP contribution in [0.2, 0.25) is 0 Å². The molecule has 1 saturated heterocycles. The molecule has 6 nitrogen and oxygen atoms in total. The zero-order valence-corrected chi connectivity index (χ0v) is 17.0. The van der Waals surface area contributed by atoms with Gasteiger partial charge in [-0.1, -0.05) is 42.5 Å². The van der Waals surface area contributed by atoms with Gasteiger partial charge in [-0.05, 0) is 42.2 Å². The van der Waals surface area contributed by atoms with Gasteiger partial charge in [0, 0.05) is 32.0 Å². The fraction of sp³-hybridized carbons (Fsp3) is 0.227. The van der Waals surface area contributed by atoms with Crippen molar-refractivity contribution in [2.24, 2.45) is 7.05 Å². The lowest BCUT2D eigenvalue weighted by Gasteiger charge is -2.13. The van der Waals surface area contributed by atoms with Crippen LogP contribution in [0.3, 0.4) is 0 Å². The molecule has 0 saturated carbocycles. The third kappa shape index (κ3) is 3.97. The smallest absolute Gasteiger partial charge is 0.272 e. The molecule has 1 fully saturated rings. The molecule has 0 radical (unpaired) electrons. The van der Waals surface area contributed by atoms with Crippen LogP contribution < -0.4 is 5.32 Å². The quantitative estimate of drug-likeness (QED) is 0.698. The van der Waals surface area contributed by atoms with E-state index in [1.807, 2.05) is 54.6 Å². The first-order valence-corrected chi connectivity index (χ1v) is 11.0. The largest absolute Gasteiger partial charge is 0.345 e. The number of aryl methyl sites for hydroxylation is 1. The highest BCUT2D eigenvalue weighted by Gasteiger charge is 2.29. The van der Waals surface area contributed by atoms with E-state index < -0.39 is 10.0 Å². The van der Waals surface area contributed by atoms with E-state index in [0.29, 0.717) is 24.5 Å². The number of anilines is 1. The maximum Gasteiger partial charge on any atom is 0.272 e. The number of sulfonamides is 1. The Kier molecular flexibility index (Phi) is 5.25. The summed E-state index contributed by atoms with van der Waals surface area (Å²) < 4.78 is 28.5. The predicted molar refractivity (Wildman–Crippen MR) is 113 cm³/mol. The molecular formula is C22H23N3O3S. The Morgan fingerprint density at radius 3 is 2.21 bits per heavy atom. The lowest BCUT2D eigenvalue weighted by Crippen LogP contribution is -2.27. The number of carbonyl (C=O) groups is 1. The summed E-state index contributed by atoms with van der Waals surface area (Å²) in [6, 6.07) is 19.0. The fourth-order valence-electron chi connectivity index (χ4n) is 3.55. The number of benzene rings is 2. The molecule has 0 atom stereocenters. The van der Waals surface area contributed by atoms with Gasteiger partial charge in [-0.15, -0.1) is 0 Å². The second kappa shape index (κ2) is 7.85. The van der Waals surface area contributed by atoms with Gasteiger partial charge in [0.1, 0.15) is 10.6 Å². The summed E-state index contributed by atoms with van der Waals surface area (Å²) in [7, 11) is -1.87. The highest BCUT2D eigenvalue weighted by molar-refractivity contribution is 7.89. The number of amides is 1. The fourth-order valence-corrected chi connectivity index (χ4v) is 5.14. The Bertz CT molecular complexity index is 1110. The van der Waals surface area contributed by atoms with Crippen LogP contribution in [0.5, 0.6) is 0 Å². The molecule has 1 aliphatic rings. The molecule has 0 unspecified atom stereocenters. The minimum Gasteiger partial charge on any atom is -0.345 e. The van der Waals surface area contributed by atoms with Crippen LogP contribution in [-0.2, 0) is 17.1 Å². The van der Waals surface area contributed by atoms with Gasteiger partial charge in [0.05, 0.1) is 0 Å². The molecule has 0 spiro atoms. The average molecular weight is 410 g/mol. The van der Waals surface area contributed by atoms with Crippen molar-refractivity contribution >= 4 is 21.6 Å². The molecule has 3 aromatic rings. The number of aromatic nitrogens is 1. The molecular weight excluding hydrogens is 386 g/mol. The Labute approximate surface area is 170 Å². The zero-order chi connectivity index (χ0) is 20.4. The van der Waals surface area contributed by atoms with Crippen molar-refractivity contribution in [2.75, 3.05) is 18.4 Å². The summed E-state index contributed by atoms with van der Waals surface area (Å²) in [6.45, 7) is 1.07. The Balaban J connectivity index is 1.51. The van der Waals surface area contributed by atoms with E-state index in [-0.39, 0.29) is 10.8 Å². The summed E-state index contributed by atoms with van der Waals surface area (Å²) >= 11 is 0. The first-order valence-electron chi connectivity index (χ1n) is 9.58. The number of rotatable bonds is 5. The van der Waals surface area contributed by atoms with Gasteiger partial charge in [-0.3, -0.25) is 4.79 Å². The maximum absolute atomic E-state index is 12.7. The van der Waals surface area contributed by atoms with Crippen molar-refractivity contribution in [3.63, 3.8) is 0 Å². The van der Waals surface area contributed by atoms with Gasteiger partial charge in [0.2, 0.25) is 10.0 Å². The molecule has 29 heavy (non-hydrogen) atoms. The molecule has 2 aromatic carbocycles. The molecule has 2 heterocycles. The van der Waals surface area contributed by atoms with Gasteiger partial charge in [0.15, 0.2) is 0 Å². The summed E-state index contributed by atoms with van der Waals surface area (Å²) in [5, 5.41) is 2.84. The van der Waals surface area contributed by atoms with Crippen molar-refractivity contribution in [1.29, 1.82) is 0 Å². The second-order valence-corrected chi connectivity index (χ2v) is 9.12. The van der Waals surface area contributed by atoms with Crippen molar-refractivity contribution in [3.05, 3.63) is 72.6 Å². The van der Waals surface area contributed by atoms with E-state index >= 15 is 0 Å². The highest BCUT2D eigenvalue weighted by atomic mass is 32.2. The number of nitrogens with zero attached hydrogens (tertiary/aromatic N) is 2. The SMILES string of the molecule is Cn1cc(S(=O)(=O)N2CCCC2)cc1C(=O)Nc1ccc(-c2ccccc2)cc1. The Hall–Kier alpha value is -2.90.